The Kier molecular flexibility index (Phi) is 7.01. The number of hydrogen-bond donors (Lipinski definition) is 1. The second kappa shape index (κ2) is 8.53. The van der Waals surface area contributed by atoms with Crippen molar-refractivity contribution in [2.75, 3.05) is 38.5 Å². The van der Waals surface area contributed by atoms with Crippen LogP contribution >= 0.6 is 0 Å². The van der Waals surface area contributed by atoms with E-state index in [-0.39, 0.29) is 5.91 Å². The van der Waals surface area contributed by atoms with Crippen molar-refractivity contribution < 1.29 is 4.79 Å². The van der Waals surface area contributed by atoms with Crippen LogP contribution in [0.5, 0.6) is 0 Å². The van der Waals surface area contributed by atoms with E-state index < -0.39 is 0 Å². The molecule has 1 amide bonds. The van der Waals surface area contributed by atoms with Gasteiger partial charge >= 0.3 is 0 Å². The van der Waals surface area contributed by atoms with Gasteiger partial charge in [-0.15, -0.1) is 0 Å². The molecule has 1 rings (SSSR count). The molecule has 0 radical (unpaired) electrons. The Bertz CT molecular complexity index is 401. The first-order chi connectivity index (χ1) is 9.62. The fourth-order valence-corrected chi connectivity index (χ4v) is 2.12. The van der Waals surface area contributed by atoms with Crippen molar-refractivity contribution in [1.82, 2.24) is 14.8 Å². The summed E-state index contributed by atoms with van der Waals surface area (Å²) in [6, 6.07) is 3.40. The van der Waals surface area contributed by atoms with E-state index in [1.165, 1.54) is 6.20 Å². The summed E-state index contributed by atoms with van der Waals surface area (Å²) in [5.41, 5.74) is 6.62. The number of anilines is 1. The summed E-state index contributed by atoms with van der Waals surface area (Å²) in [7, 11) is 0. The van der Waals surface area contributed by atoms with Gasteiger partial charge in [0.1, 0.15) is 5.69 Å². The van der Waals surface area contributed by atoms with Crippen LogP contribution in [-0.2, 0) is 0 Å². The second-order valence-corrected chi connectivity index (χ2v) is 4.74. The van der Waals surface area contributed by atoms with Crippen molar-refractivity contribution in [3.8, 4) is 0 Å². The Balaban J connectivity index is 2.53. The number of rotatable bonds is 8. The van der Waals surface area contributed by atoms with Gasteiger partial charge in [-0.25, -0.2) is 4.98 Å². The van der Waals surface area contributed by atoms with Crippen molar-refractivity contribution in [2.45, 2.75) is 27.2 Å². The molecule has 0 aliphatic heterocycles. The van der Waals surface area contributed by atoms with Gasteiger partial charge in [-0.2, -0.15) is 0 Å². The van der Waals surface area contributed by atoms with Crippen LogP contribution < -0.4 is 5.73 Å². The predicted molar refractivity (Wildman–Crippen MR) is 82.6 cm³/mol. The number of aromatic nitrogens is 1. The summed E-state index contributed by atoms with van der Waals surface area (Å²) in [6.45, 7) is 10.9. The zero-order valence-corrected chi connectivity index (χ0v) is 12.8. The molecule has 0 aliphatic rings. The van der Waals surface area contributed by atoms with Crippen LogP contribution in [0.1, 0.15) is 37.7 Å². The van der Waals surface area contributed by atoms with Gasteiger partial charge < -0.3 is 15.5 Å². The Labute approximate surface area is 121 Å². The average molecular weight is 278 g/mol. The summed E-state index contributed by atoms with van der Waals surface area (Å²) >= 11 is 0. The van der Waals surface area contributed by atoms with Crippen LogP contribution in [0.2, 0.25) is 0 Å². The molecule has 2 N–H and O–H groups in total. The third-order valence-corrected chi connectivity index (χ3v) is 3.47. The molecule has 0 aromatic carbocycles. The van der Waals surface area contributed by atoms with Gasteiger partial charge in [-0.05, 0) is 45.1 Å². The SMILES string of the molecule is CCN(CC)CCCN(CC)C(=O)c1ccc(N)cn1. The van der Waals surface area contributed by atoms with Gasteiger partial charge in [0, 0.05) is 13.1 Å². The standard InChI is InChI=1S/C15H26N4O/c1-4-18(5-2)10-7-11-19(6-3)15(20)14-9-8-13(16)12-17-14/h8-9,12H,4-7,10-11,16H2,1-3H3. The lowest BCUT2D eigenvalue weighted by Gasteiger charge is -2.23. The van der Waals surface area contributed by atoms with Gasteiger partial charge in [-0.1, -0.05) is 13.8 Å². The highest BCUT2D eigenvalue weighted by Crippen LogP contribution is 2.06. The molecule has 0 atom stereocenters. The highest BCUT2D eigenvalue weighted by molar-refractivity contribution is 5.92. The molecule has 0 aliphatic carbocycles. The maximum Gasteiger partial charge on any atom is 0.272 e. The summed E-state index contributed by atoms with van der Waals surface area (Å²) in [6.07, 6.45) is 2.51. The van der Waals surface area contributed by atoms with Gasteiger partial charge in [0.2, 0.25) is 0 Å². The van der Waals surface area contributed by atoms with E-state index in [4.69, 9.17) is 5.73 Å². The topological polar surface area (TPSA) is 62.5 Å². The Morgan fingerprint density at radius 3 is 2.35 bits per heavy atom. The van der Waals surface area contributed by atoms with Gasteiger partial charge in [0.25, 0.3) is 5.91 Å². The Hall–Kier alpha value is -1.62. The monoisotopic (exact) mass is 278 g/mol. The maximum absolute atomic E-state index is 12.3. The number of carbonyl (C=O) groups is 1. The molecule has 20 heavy (non-hydrogen) atoms. The van der Waals surface area contributed by atoms with Crippen LogP contribution in [-0.4, -0.2) is 53.4 Å². The van der Waals surface area contributed by atoms with E-state index in [2.05, 4.69) is 23.7 Å². The fraction of sp³-hybridized carbons (Fsp3) is 0.600. The summed E-state index contributed by atoms with van der Waals surface area (Å²) in [5.74, 6) is -0.0213. The lowest BCUT2D eigenvalue weighted by molar-refractivity contribution is 0.0751. The average Bonchev–Trinajstić information content (AvgIpc) is 2.48. The van der Waals surface area contributed by atoms with Crippen LogP contribution in [0, 0.1) is 0 Å². The van der Waals surface area contributed by atoms with E-state index in [0.717, 1.165) is 32.6 Å². The molecule has 1 aromatic rings. The third-order valence-electron chi connectivity index (χ3n) is 3.47. The molecule has 0 unspecified atom stereocenters. The highest BCUT2D eigenvalue weighted by atomic mass is 16.2. The van der Waals surface area contributed by atoms with E-state index in [1.54, 1.807) is 12.1 Å². The molecule has 0 saturated heterocycles. The largest absolute Gasteiger partial charge is 0.397 e. The molecule has 112 valence electrons. The summed E-state index contributed by atoms with van der Waals surface area (Å²) < 4.78 is 0. The Morgan fingerprint density at radius 2 is 1.85 bits per heavy atom. The number of hydrogen-bond acceptors (Lipinski definition) is 4. The van der Waals surface area contributed by atoms with E-state index in [0.29, 0.717) is 17.9 Å². The second-order valence-electron chi connectivity index (χ2n) is 4.74. The minimum atomic E-state index is -0.0213. The quantitative estimate of drug-likeness (QED) is 0.788. The molecule has 1 heterocycles. The first-order valence-electron chi connectivity index (χ1n) is 7.35. The zero-order chi connectivity index (χ0) is 15.0. The molecule has 0 bridgehead atoms. The number of nitrogen functional groups attached to an aromatic ring is 1. The fourth-order valence-electron chi connectivity index (χ4n) is 2.12. The van der Waals surface area contributed by atoms with Crippen LogP contribution in [0.25, 0.3) is 0 Å². The molecule has 5 heteroatoms. The van der Waals surface area contributed by atoms with Crippen molar-refractivity contribution in [1.29, 1.82) is 0 Å². The highest BCUT2D eigenvalue weighted by Gasteiger charge is 2.15. The molecule has 0 spiro atoms. The van der Waals surface area contributed by atoms with Crippen molar-refractivity contribution in [3.63, 3.8) is 0 Å². The van der Waals surface area contributed by atoms with E-state index >= 15 is 0 Å². The van der Waals surface area contributed by atoms with Crippen molar-refractivity contribution in [3.05, 3.63) is 24.0 Å². The number of amides is 1. The van der Waals surface area contributed by atoms with E-state index in [9.17, 15) is 4.79 Å². The smallest absolute Gasteiger partial charge is 0.272 e. The first kappa shape index (κ1) is 16.4. The maximum atomic E-state index is 12.3. The molecule has 1 aromatic heterocycles. The van der Waals surface area contributed by atoms with Crippen LogP contribution in [0.4, 0.5) is 5.69 Å². The van der Waals surface area contributed by atoms with Gasteiger partial charge in [0.05, 0.1) is 11.9 Å². The molecular formula is C15H26N4O. The molecule has 5 nitrogen and oxygen atoms in total. The molecular weight excluding hydrogens is 252 g/mol. The lowest BCUT2D eigenvalue weighted by Crippen LogP contribution is -2.34. The number of nitrogens with zero attached hydrogens (tertiary/aromatic N) is 3. The first-order valence-corrected chi connectivity index (χ1v) is 7.35. The number of nitrogens with two attached hydrogens (primary N) is 1. The van der Waals surface area contributed by atoms with Gasteiger partial charge in [-0.3, -0.25) is 4.79 Å². The Morgan fingerprint density at radius 1 is 1.15 bits per heavy atom. The van der Waals surface area contributed by atoms with Gasteiger partial charge in [0.15, 0.2) is 0 Å². The minimum Gasteiger partial charge on any atom is -0.397 e. The number of pyridine rings is 1. The minimum absolute atomic E-state index is 0.0213. The molecule has 0 saturated carbocycles. The number of carbonyl (C=O) groups excluding carboxylic acids is 1. The van der Waals surface area contributed by atoms with Crippen LogP contribution in [0.3, 0.4) is 0 Å². The van der Waals surface area contributed by atoms with Crippen LogP contribution in [0.15, 0.2) is 18.3 Å². The van der Waals surface area contributed by atoms with E-state index in [1.807, 2.05) is 11.8 Å². The predicted octanol–water partition coefficient (Wildman–Crippen LogP) is 1.86. The van der Waals surface area contributed by atoms with Crippen molar-refractivity contribution in [2.24, 2.45) is 0 Å². The molecule has 0 fully saturated rings. The zero-order valence-electron chi connectivity index (χ0n) is 12.8. The summed E-state index contributed by atoms with van der Waals surface area (Å²) in [4.78, 5) is 20.6. The third kappa shape index (κ3) is 4.81. The normalized spacial score (nSPS) is 10.8. The lowest BCUT2D eigenvalue weighted by atomic mass is 10.2. The summed E-state index contributed by atoms with van der Waals surface area (Å²) in [5, 5.41) is 0. The van der Waals surface area contributed by atoms with Crippen molar-refractivity contribution >= 4 is 11.6 Å².